The fraction of sp³-hybridized carbons (Fsp3) is 0.684. The molecule has 142 valence electrons. The molecular weight excluding hydrogens is 316 g/mol. The smallest absolute Gasteiger partial charge is 0.213 e. The predicted octanol–water partition coefficient (Wildman–Crippen LogP) is 2.99. The first-order chi connectivity index (χ1) is 11.9. The lowest BCUT2D eigenvalue weighted by Crippen LogP contribution is -2.45. The molecule has 0 bridgehead atoms. The van der Waals surface area contributed by atoms with E-state index in [4.69, 9.17) is 9.47 Å². The quantitative estimate of drug-likeness (QED) is 0.529. The average molecular weight is 351 g/mol. The van der Waals surface area contributed by atoms with E-state index < -0.39 is 0 Å². The molecule has 0 aliphatic carbocycles. The Morgan fingerprint density at radius 2 is 2.00 bits per heavy atom. The summed E-state index contributed by atoms with van der Waals surface area (Å²) in [6.07, 6.45) is 2.89. The molecule has 0 radical (unpaired) electrons. The molecular formula is C19H34N4O2. The Hall–Kier alpha value is -1.82. The first-order valence-electron chi connectivity index (χ1n) is 9.03. The van der Waals surface area contributed by atoms with Crippen LogP contribution in [0.3, 0.4) is 0 Å². The van der Waals surface area contributed by atoms with Crippen LogP contribution >= 0.6 is 0 Å². The van der Waals surface area contributed by atoms with Gasteiger partial charge in [-0.25, -0.2) is 9.98 Å². The Morgan fingerprint density at radius 3 is 2.52 bits per heavy atom. The monoisotopic (exact) mass is 350 g/mol. The van der Waals surface area contributed by atoms with E-state index in [-0.39, 0.29) is 11.5 Å². The van der Waals surface area contributed by atoms with Gasteiger partial charge in [0.25, 0.3) is 0 Å². The van der Waals surface area contributed by atoms with Crippen LogP contribution < -0.4 is 15.4 Å². The lowest BCUT2D eigenvalue weighted by Gasteiger charge is -2.30. The first kappa shape index (κ1) is 21.2. The minimum Gasteiger partial charge on any atom is -0.478 e. The normalized spacial score (nSPS) is 13.4. The number of aromatic nitrogens is 1. The van der Waals surface area contributed by atoms with E-state index in [0.29, 0.717) is 25.6 Å². The molecule has 0 aliphatic rings. The van der Waals surface area contributed by atoms with Crippen molar-refractivity contribution >= 4 is 5.96 Å². The van der Waals surface area contributed by atoms with Gasteiger partial charge in [-0.1, -0.05) is 33.8 Å². The number of guanidine groups is 1. The van der Waals surface area contributed by atoms with Gasteiger partial charge in [0.2, 0.25) is 5.88 Å². The molecule has 0 spiro atoms. The maximum atomic E-state index is 5.58. The fourth-order valence-corrected chi connectivity index (χ4v) is 2.24. The second-order valence-electron chi connectivity index (χ2n) is 7.02. The van der Waals surface area contributed by atoms with E-state index in [1.54, 1.807) is 7.11 Å². The van der Waals surface area contributed by atoms with Crippen molar-refractivity contribution in [1.82, 2.24) is 15.6 Å². The summed E-state index contributed by atoms with van der Waals surface area (Å²) in [6.45, 7) is 13.4. The zero-order chi connectivity index (χ0) is 18.7. The second kappa shape index (κ2) is 10.9. The molecule has 0 amide bonds. The zero-order valence-corrected chi connectivity index (χ0v) is 16.6. The number of methoxy groups -OCH3 is 1. The molecule has 1 unspecified atom stereocenters. The van der Waals surface area contributed by atoms with Crippen LogP contribution in [0.25, 0.3) is 0 Å². The van der Waals surface area contributed by atoms with E-state index in [9.17, 15) is 0 Å². The van der Waals surface area contributed by atoms with Gasteiger partial charge in [-0.15, -0.1) is 0 Å². The van der Waals surface area contributed by atoms with E-state index >= 15 is 0 Å². The summed E-state index contributed by atoms with van der Waals surface area (Å²) in [5.74, 6) is 1.44. The number of ether oxygens (including phenoxy) is 2. The maximum absolute atomic E-state index is 5.58. The van der Waals surface area contributed by atoms with Crippen LogP contribution in [0, 0.1) is 5.41 Å². The number of hydrogen-bond donors (Lipinski definition) is 2. The van der Waals surface area contributed by atoms with Gasteiger partial charge in [0, 0.05) is 32.5 Å². The third-order valence-electron chi connectivity index (χ3n) is 3.72. The molecule has 1 heterocycles. The highest BCUT2D eigenvalue weighted by Crippen LogP contribution is 2.20. The molecule has 1 aromatic rings. The highest BCUT2D eigenvalue weighted by atomic mass is 16.5. The molecule has 0 aliphatic heterocycles. The standard InChI is InChI=1S/C19H34N4O2/c1-7-11-25-17-10-9-15(12-21-17)13-22-18(20-8-2)23-14-16(24-6)19(3,4)5/h9-10,12,16H,7-8,11,13-14H2,1-6H3,(H2,20,22,23). The lowest BCUT2D eigenvalue weighted by molar-refractivity contribution is 0.0205. The van der Waals surface area contributed by atoms with Crippen molar-refractivity contribution in [3.8, 4) is 5.88 Å². The Balaban J connectivity index is 2.62. The van der Waals surface area contributed by atoms with Crippen molar-refractivity contribution in [1.29, 1.82) is 0 Å². The molecule has 1 aromatic heterocycles. The van der Waals surface area contributed by atoms with Gasteiger partial charge in [0.05, 0.1) is 19.3 Å². The minimum absolute atomic E-state index is 0.0668. The van der Waals surface area contributed by atoms with Crippen LogP contribution in [0.1, 0.15) is 46.6 Å². The molecule has 6 nitrogen and oxygen atoms in total. The van der Waals surface area contributed by atoms with Crippen molar-refractivity contribution in [2.24, 2.45) is 10.4 Å². The highest BCUT2D eigenvalue weighted by Gasteiger charge is 2.24. The molecule has 0 fully saturated rings. The molecule has 0 aromatic carbocycles. The molecule has 2 N–H and O–H groups in total. The van der Waals surface area contributed by atoms with Gasteiger partial charge < -0.3 is 20.1 Å². The average Bonchev–Trinajstić information content (AvgIpc) is 2.58. The van der Waals surface area contributed by atoms with Crippen molar-refractivity contribution < 1.29 is 9.47 Å². The number of rotatable bonds is 9. The first-order valence-corrected chi connectivity index (χ1v) is 9.03. The summed E-state index contributed by atoms with van der Waals surface area (Å²) in [5.41, 5.74) is 1.11. The van der Waals surface area contributed by atoms with E-state index in [1.165, 1.54) is 0 Å². The van der Waals surface area contributed by atoms with Gasteiger partial charge in [0.15, 0.2) is 5.96 Å². The van der Waals surface area contributed by atoms with Gasteiger partial charge >= 0.3 is 0 Å². The van der Waals surface area contributed by atoms with Crippen molar-refractivity contribution in [2.75, 3.05) is 26.8 Å². The van der Waals surface area contributed by atoms with Gasteiger partial charge in [-0.2, -0.15) is 0 Å². The summed E-state index contributed by atoms with van der Waals surface area (Å²) in [4.78, 5) is 8.93. The van der Waals surface area contributed by atoms with Gasteiger partial charge in [-0.05, 0) is 24.3 Å². The Morgan fingerprint density at radius 1 is 1.24 bits per heavy atom. The molecule has 6 heteroatoms. The van der Waals surface area contributed by atoms with Crippen LogP contribution in [0.4, 0.5) is 0 Å². The van der Waals surface area contributed by atoms with E-state index in [2.05, 4.69) is 55.2 Å². The number of nitrogens with one attached hydrogen (secondary N) is 2. The van der Waals surface area contributed by atoms with Crippen LogP contribution in [-0.2, 0) is 11.3 Å². The third-order valence-corrected chi connectivity index (χ3v) is 3.72. The van der Waals surface area contributed by atoms with E-state index in [0.717, 1.165) is 24.5 Å². The lowest BCUT2D eigenvalue weighted by atomic mass is 9.89. The SMILES string of the molecule is CCCOc1ccc(CN=C(NCC)NCC(OC)C(C)(C)C)cn1. The fourth-order valence-electron chi connectivity index (χ4n) is 2.24. The van der Waals surface area contributed by atoms with Crippen molar-refractivity contribution in [2.45, 2.75) is 53.7 Å². The van der Waals surface area contributed by atoms with Crippen molar-refractivity contribution in [3.05, 3.63) is 23.9 Å². The van der Waals surface area contributed by atoms with E-state index in [1.807, 2.05) is 18.3 Å². The zero-order valence-electron chi connectivity index (χ0n) is 16.6. The molecule has 0 saturated heterocycles. The molecule has 0 saturated carbocycles. The second-order valence-corrected chi connectivity index (χ2v) is 7.02. The topological polar surface area (TPSA) is 67.8 Å². The summed E-state index contributed by atoms with van der Waals surface area (Å²) in [7, 11) is 1.75. The summed E-state index contributed by atoms with van der Waals surface area (Å²) < 4.78 is 11.1. The van der Waals surface area contributed by atoms with Crippen LogP contribution in [0.2, 0.25) is 0 Å². The molecule has 1 atom stereocenters. The number of nitrogens with zero attached hydrogens (tertiary/aromatic N) is 2. The van der Waals surface area contributed by atoms with Crippen molar-refractivity contribution in [3.63, 3.8) is 0 Å². The minimum atomic E-state index is 0.0668. The summed E-state index contributed by atoms with van der Waals surface area (Å²) in [5, 5.41) is 6.62. The summed E-state index contributed by atoms with van der Waals surface area (Å²) >= 11 is 0. The largest absolute Gasteiger partial charge is 0.478 e. The summed E-state index contributed by atoms with van der Waals surface area (Å²) in [6, 6.07) is 3.89. The molecule has 1 rings (SSSR count). The Kier molecular flexibility index (Phi) is 9.27. The van der Waals surface area contributed by atoms with Gasteiger partial charge in [0.1, 0.15) is 0 Å². The number of hydrogen-bond acceptors (Lipinski definition) is 4. The Bertz CT molecular complexity index is 509. The van der Waals surface area contributed by atoms with Gasteiger partial charge in [-0.3, -0.25) is 0 Å². The van der Waals surface area contributed by atoms with Crippen LogP contribution in [0.15, 0.2) is 23.3 Å². The number of pyridine rings is 1. The highest BCUT2D eigenvalue weighted by molar-refractivity contribution is 5.79. The number of aliphatic imine (C=N–C) groups is 1. The maximum Gasteiger partial charge on any atom is 0.213 e. The van der Waals surface area contributed by atoms with Crippen LogP contribution in [0.5, 0.6) is 5.88 Å². The predicted molar refractivity (Wildman–Crippen MR) is 103 cm³/mol. The Labute approximate surface area is 152 Å². The van der Waals surface area contributed by atoms with Crippen LogP contribution in [-0.4, -0.2) is 43.9 Å². The third kappa shape index (κ3) is 8.20. The molecule has 25 heavy (non-hydrogen) atoms.